The maximum absolute atomic E-state index is 12.9. The lowest BCUT2D eigenvalue weighted by atomic mass is 10.1. The third kappa shape index (κ3) is 3.85. The zero-order valence-electron chi connectivity index (χ0n) is 15.9. The predicted molar refractivity (Wildman–Crippen MR) is 109 cm³/mol. The summed E-state index contributed by atoms with van der Waals surface area (Å²) < 4.78 is 6.97. The molecule has 7 heteroatoms. The first-order chi connectivity index (χ1) is 13.6. The Hall–Kier alpha value is -2.90. The molecule has 0 radical (unpaired) electrons. The van der Waals surface area contributed by atoms with Gasteiger partial charge in [-0.15, -0.1) is 0 Å². The number of H-pyrrole nitrogens is 1. The number of benzene rings is 1. The second-order valence-corrected chi connectivity index (χ2v) is 7.06. The lowest BCUT2D eigenvalue weighted by Crippen LogP contribution is -2.40. The van der Waals surface area contributed by atoms with E-state index in [4.69, 9.17) is 4.74 Å². The largest absolute Gasteiger partial charge is 0.379 e. The zero-order chi connectivity index (χ0) is 19.5. The van der Waals surface area contributed by atoms with Crippen LogP contribution < -0.4 is 10.9 Å². The highest BCUT2D eigenvalue weighted by Gasteiger charge is 2.17. The molecule has 0 bridgehead atoms. The van der Waals surface area contributed by atoms with Crippen molar-refractivity contribution >= 4 is 22.5 Å². The molecule has 2 N–H and O–H groups in total. The van der Waals surface area contributed by atoms with Crippen LogP contribution in [0.3, 0.4) is 0 Å². The van der Waals surface area contributed by atoms with E-state index < -0.39 is 0 Å². The van der Waals surface area contributed by atoms with Gasteiger partial charge in [-0.2, -0.15) is 0 Å². The monoisotopic (exact) mass is 380 g/mol. The van der Waals surface area contributed by atoms with Crippen LogP contribution in [0, 0.1) is 6.92 Å². The number of carbonyl (C=O) groups excluding carboxylic acids is 1. The van der Waals surface area contributed by atoms with Crippen LogP contribution in [-0.4, -0.2) is 53.2 Å². The second kappa shape index (κ2) is 8.00. The maximum atomic E-state index is 12.9. The maximum Gasteiger partial charge on any atom is 0.263 e. The van der Waals surface area contributed by atoms with E-state index in [2.05, 4.69) is 15.2 Å². The topological polar surface area (TPSA) is 79.4 Å². The molecule has 7 nitrogen and oxygen atoms in total. The van der Waals surface area contributed by atoms with E-state index in [0.29, 0.717) is 17.8 Å². The highest BCUT2D eigenvalue weighted by Crippen LogP contribution is 2.18. The molecule has 4 rings (SSSR count). The molecule has 146 valence electrons. The zero-order valence-corrected chi connectivity index (χ0v) is 15.9. The van der Waals surface area contributed by atoms with E-state index in [1.807, 2.05) is 36.5 Å². The third-order valence-corrected chi connectivity index (χ3v) is 5.17. The highest BCUT2D eigenvalue weighted by molar-refractivity contribution is 6.05. The van der Waals surface area contributed by atoms with E-state index in [9.17, 15) is 9.59 Å². The van der Waals surface area contributed by atoms with E-state index in [1.54, 1.807) is 17.7 Å². The lowest BCUT2D eigenvalue weighted by molar-refractivity contribution is 0.0363. The first-order valence-corrected chi connectivity index (χ1v) is 9.50. The molecule has 1 saturated heterocycles. The van der Waals surface area contributed by atoms with Crippen LogP contribution in [0.15, 0.2) is 47.5 Å². The van der Waals surface area contributed by atoms with Gasteiger partial charge in [0.05, 0.1) is 13.2 Å². The van der Waals surface area contributed by atoms with Gasteiger partial charge in [0.15, 0.2) is 0 Å². The van der Waals surface area contributed by atoms with Gasteiger partial charge in [0, 0.05) is 55.2 Å². The van der Waals surface area contributed by atoms with Crippen molar-refractivity contribution in [3.8, 4) is 0 Å². The molecule has 28 heavy (non-hydrogen) atoms. The van der Waals surface area contributed by atoms with Gasteiger partial charge >= 0.3 is 0 Å². The molecule has 0 unspecified atom stereocenters. The minimum Gasteiger partial charge on any atom is -0.379 e. The Labute approximate surface area is 162 Å². The molecule has 1 amide bonds. The van der Waals surface area contributed by atoms with Crippen LogP contribution in [0.25, 0.3) is 10.9 Å². The number of aromatic amines is 1. The molecule has 3 aromatic rings. The van der Waals surface area contributed by atoms with Crippen molar-refractivity contribution in [3.63, 3.8) is 0 Å². The first-order valence-electron chi connectivity index (χ1n) is 9.50. The normalized spacial score (nSPS) is 15.0. The molecule has 0 aliphatic carbocycles. The average molecular weight is 380 g/mol. The molecule has 1 aromatic carbocycles. The molecule has 3 heterocycles. The molecular formula is C21H24N4O3. The van der Waals surface area contributed by atoms with E-state index >= 15 is 0 Å². The van der Waals surface area contributed by atoms with E-state index in [1.165, 1.54) is 0 Å². The van der Waals surface area contributed by atoms with Crippen molar-refractivity contribution in [1.82, 2.24) is 14.5 Å². The fourth-order valence-corrected chi connectivity index (χ4v) is 3.52. The van der Waals surface area contributed by atoms with Crippen LogP contribution in [0.1, 0.15) is 15.9 Å². The van der Waals surface area contributed by atoms with Gasteiger partial charge in [-0.1, -0.05) is 0 Å². The van der Waals surface area contributed by atoms with Gasteiger partial charge < -0.3 is 19.6 Å². The Morgan fingerprint density at radius 1 is 1.18 bits per heavy atom. The average Bonchev–Trinajstić information content (AvgIpc) is 3.16. The number of carbonyl (C=O) groups is 1. The number of hydrogen-bond acceptors (Lipinski definition) is 4. The minimum absolute atomic E-state index is 0.193. The number of fused-ring (bicyclic) bond motifs is 1. The van der Waals surface area contributed by atoms with Crippen LogP contribution in [0.4, 0.5) is 5.69 Å². The summed E-state index contributed by atoms with van der Waals surface area (Å²) in [6.07, 6.45) is 3.62. The van der Waals surface area contributed by atoms with Crippen molar-refractivity contribution in [2.45, 2.75) is 13.5 Å². The number of aryl methyl sites for hydroxylation is 1. The Kier molecular flexibility index (Phi) is 5.27. The third-order valence-electron chi connectivity index (χ3n) is 5.17. The smallest absolute Gasteiger partial charge is 0.263 e. The summed E-state index contributed by atoms with van der Waals surface area (Å²) in [5.41, 5.74) is 2.28. The number of ether oxygens (including phenoxy) is 1. The summed E-state index contributed by atoms with van der Waals surface area (Å²) in [4.78, 5) is 31.1. The molecule has 1 aliphatic rings. The van der Waals surface area contributed by atoms with Crippen molar-refractivity contribution in [2.24, 2.45) is 0 Å². The summed E-state index contributed by atoms with van der Waals surface area (Å²) in [5, 5.41) is 3.87. The number of pyridine rings is 1. The van der Waals surface area contributed by atoms with Crippen molar-refractivity contribution in [2.75, 3.05) is 38.2 Å². The Bertz CT molecular complexity index is 1050. The fraction of sp³-hybridized carbons (Fsp3) is 0.333. The number of nitrogens with zero attached hydrogens (tertiary/aromatic N) is 2. The van der Waals surface area contributed by atoms with E-state index in [-0.39, 0.29) is 17.0 Å². The summed E-state index contributed by atoms with van der Waals surface area (Å²) in [7, 11) is 0. The lowest BCUT2D eigenvalue weighted by Gasteiger charge is -2.26. The minimum atomic E-state index is -0.377. The fourth-order valence-electron chi connectivity index (χ4n) is 3.52. The van der Waals surface area contributed by atoms with Crippen molar-refractivity contribution in [1.29, 1.82) is 0 Å². The van der Waals surface area contributed by atoms with Crippen LogP contribution >= 0.6 is 0 Å². The first kappa shape index (κ1) is 18.5. The number of amides is 1. The molecule has 0 saturated carbocycles. The van der Waals surface area contributed by atoms with Gasteiger partial charge in [0.2, 0.25) is 0 Å². The summed E-state index contributed by atoms with van der Waals surface area (Å²) in [6.45, 7) is 6.29. The Balaban J connectivity index is 1.52. The molecule has 0 spiro atoms. The number of morpholine rings is 1. The van der Waals surface area contributed by atoms with Gasteiger partial charge in [0.1, 0.15) is 5.56 Å². The van der Waals surface area contributed by atoms with E-state index in [0.717, 1.165) is 43.8 Å². The molecule has 1 aliphatic heterocycles. The molecule has 1 fully saturated rings. The summed E-state index contributed by atoms with van der Waals surface area (Å²) in [6, 6.07) is 9.39. The number of rotatable bonds is 5. The van der Waals surface area contributed by atoms with Crippen LogP contribution in [0.2, 0.25) is 0 Å². The van der Waals surface area contributed by atoms with Gasteiger partial charge in [-0.25, -0.2) is 0 Å². The standard InChI is InChI=1S/C21H24N4O3/c1-15-5-7-25(9-8-24-10-12-28-13-11-24)21(27)19(15)20(26)23-17-2-3-18-16(14-17)4-6-22-18/h2-7,14,22H,8-13H2,1H3,(H,23,26). The highest BCUT2D eigenvalue weighted by atomic mass is 16.5. The van der Waals surface area contributed by atoms with Crippen molar-refractivity contribution in [3.05, 3.63) is 64.2 Å². The van der Waals surface area contributed by atoms with Gasteiger partial charge in [-0.05, 0) is 42.8 Å². The Morgan fingerprint density at radius 3 is 2.82 bits per heavy atom. The molecule has 2 aromatic heterocycles. The number of aromatic nitrogens is 2. The van der Waals surface area contributed by atoms with Gasteiger partial charge in [-0.3, -0.25) is 14.5 Å². The number of nitrogens with one attached hydrogen (secondary N) is 2. The molecule has 0 atom stereocenters. The second-order valence-electron chi connectivity index (χ2n) is 7.06. The SMILES string of the molecule is Cc1ccn(CCN2CCOCC2)c(=O)c1C(=O)Nc1ccc2[nH]ccc2c1. The summed E-state index contributed by atoms with van der Waals surface area (Å²) in [5.74, 6) is -0.377. The van der Waals surface area contributed by atoms with Crippen LogP contribution in [-0.2, 0) is 11.3 Å². The predicted octanol–water partition coefficient (Wildman–Crippen LogP) is 2.22. The Morgan fingerprint density at radius 2 is 2.00 bits per heavy atom. The quantitative estimate of drug-likeness (QED) is 0.711. The molecular weight excluding hydrogens is 356 g/mol. The number of hydrogen-bond donors (Lipinski definition) is 2. The van der Waals surface area contributed by atoms with Crippen LogP contribution in [0.5, 0.6) is 0 Å². The summed E-state index contributed by atoms with van der Waals surface area (Å²) >= 11 is 0. The van der Waals surface area contributed by atoms with Crippen molar-refractivity contribution < 1.29 is 9.53 Å². The van der Waals surface area contributed by atoms with Gasteiger partial charge in [0.25, 0.3) is 11.5 Å². The number of anilines is 1.